The summed E-state index contributed by atoms with van der Waals surface area (Å²) in [5.41, 5.74) is 8.11. The van der Waals surface area contributed by atoms with Crippen molar-refractivity contribution in [2.45, 2.75) is 26.4 Å². The maximum atomic E-state index is 12.2. The summed E-state index contributed by atoms with van der Waals surface area (Å²) >= 11 is 0. The number of hydrogen-bond acceptors (Lipinski definition) is 10. The van der Waals surface area contributed by atoms with E-state index in [0.29, 0.717) is 22.6 Å². The molecule has 0 saturated carbocycles. The van der Waals surface area contributed by atoms with Crippen molar-refractivity contribution in [3.8, 4) is 40.0 Å². The smallest absolute Gasteiger partial charge is 0.407 e. The van der Waals surface area contributed by atoms with Crippen LogP contribution < -0.4 is 15.8 Å². The molecule has 208 valence electrons. The zero-order valence-corrected chi connectivity index (χ0v) is 23.0. The maximum Gasteiger partial charge on any atom is 0.407 e. The second-order valence-corrected chi connectivity index (χ2v) is 9.95. The lowest BCUT2D eigenvalue weighted by Gasteiger charge is -2.19. The second-order valence-electron chi connectivity index (χ2n) is 9.95. The standard InChI is InChI=1S/C28H31N7O5/c1-28(2,3)40-27(37)30-14-15-38-21-9-7-6-8-19(21)24-33-34-25(39-24)22-23(29)31-16-20(32-22)17-10-12-18(13-11-17)26(36)35(4)5/h6-13,16H,14-15H2,1-5H3,(H2,29,31)(H,30,37). The Bertz CT molecular complexity index is 1490. The Morgan fingerprint density at radius 2 is 1.73 bits per heavy atom. The van der Waals surface area contributed by atoms with E-state index >= 15 is 0 Å². The van der Waals surface area contributed by atoms with Crippen LogP contribution in [-0.2, 0) is 4.74 Å². The quantitative estimate of drug-likeness (QED) is 0.309. The highest BCUT2D eigenvalue weighted by molar-refractivity contribution is 5.94. The molecule has 2 aromatic carbocycles. The molecule has 0 bridgehead atoms. The summed E-state index contributed by atoms with van der Waals surface area (Å²) in [6.07, 6.45) is 1.01. The summed E-state index contributed by atoms with van der Waals surface area (Å²) < 4.78 is 17.0. The Balaban J connectivity index is 1.49. The predicted molar refractivity (Wildman–Crippen MR) is 148 cm³/mol. The summed E-state index contributed by atoms with van der Waals surface area (Å²) in [7, 11) is 3.39. The molecular weight excluding hydrogens is 514 g/mol. The fraction of sp³-hybridized carbons (Fsp3) is 0.286. The zero-order chi connectivity index (χ0) is 28.9. The van der Waals surface area contributed by atoms with Crippen LogP contribution in [0.3, 0.4) is 0 Å². The highest BCUT2D eigenvalue weighted by atomic mass is 16.6. The minimum absolute atomic E-state index is 0.0858. The maximum absolute atomic E-state index is 12.2. The number of ether oxygens (including phenoxy) is 2. The normalized spacial score (nSPS) is 11.1. The van der Waals surface area contributed by atoms with Gasteiger partial charge in [-0.25, -0.2) is 14.8 Å². The average Bonchev–Trinajstić information content (AvgIpc) is 3.40. The first kappa shape index (κ1) is 28.0. The topological polar surface area (TPSA) is 159 Å². The SMILES string of the molecule is CN(C)C(=O)c1ccc(-c2cnc(N)c(-c3nnc(-c4ccccc4OCCNC(=O)OC(C)(C)C)o3)n2)cc1. The third-order valence-electron chi connectivity index (χ3n) is 5.41. The van der Waals surface area contributed by atoms with Crippen LogP contribution in [-0.4, -0.2) is 69.9 Å². The van der Waals surface area contributed by atoms with Crippen molar-refractivity contribution in [3.63, 3.8) is 0 Å². The van der Waals surface area contributed by atoms with Crippen LogP contribution >= 0.6 is 0 Å². The van der Waals surface area contributed by atoms with E-state index in [0.717, 1.165) is 5.56 Å². The van der Waals surface area contributed by atoms with E-state index in [2.05, 4.69) is 25.5 Å². The van der Waals surface area contributed by atoms with Crippen molar-refractivity contribution in [2.75, 3.05) is 33.0 Å². The number of nitrogens with two attached hydrogens (primary N) is 1. The molecular formula is C28H31N7O5. The van der Waals surface area contributed by atoms with Crippen molar-refractivity contribution in [1.29, 1.82) is 0 Å². The number of benzene rings is 2. The first-order valence-corrected chi connectivity index (χ1v) is 12.5. The molecule has 0 fully saturated rings. The molecule has 0 spiro atoms. The fourth-order valence-electron chi connectivity index (χ4n) is 3.56. The zero-order valence-electron chi connectivity index (χ0n) is 23.0. The van der Waals surface area contributed by atoms with Gasteiger partial charge >= 0.3 is 6.09 Å². The van der Waals surface area contributed by atoms with Gasteiger partial charge in [0.15, 0.2) is 11.5 Å². The van der Waals surface area contributed by atoms with Gasteiger partial charge in [0.25, 0.3) is 17.7 Å². The number of anilines is 1. The van der Waals surface area contributed by atoms with Crippen molar-refractivity contribution in [2.24, 2.45) is 0 Å². The van der Waals surface area contributed by atoms with Crippen LogP contribution in [0.15, 0.2) is 59.1 Å². The Kier molecular flexibility index (Phi) is 8.27. The molecule has 2 aromatic heterocycles. The highest BCUT2D eigenvalue weighted by Crippen LogP contribution is 2.32. The molecule has 0 radical (unpaired) electrons. The van der Waals surface area contributed by atoms with Gasteiger partial charge in [0.1, 0.15) is 18.0 Å². The average molecular weight is 546 g/mol. The number of carbonyl (C=O) groups is 2. The molecule has 0 atom stereocenters. The van der Waals surface area contributed by atoms with Crippen LogP contribution in [0.4, 0.5) is 10.6 Å². The first-order chi connectivity index (χ1) is 19.0. The van der Waals surface area contributed by atoms with Gasteiger partial charge < -0.3 is 29.8 Å². The molecule has 0 aliphatic heterocycles. The molecule has 40 heavy (non-hydrogen) atoms. The fourth-order valence-corrected chi connectivity index (χ4v) is 3.56. The van der Waals surface area contributed by atoms with E-state index in [1.807, 2.05) is 12.1 Å². The Hall–Kier alpha value is -5.00. The number of alkyl carbamates (subject to hydrolysis) is 1. The van der Waals surface area contributed by atoms with E-state index in [1.165, 1.54) is 11.1 Å². The summed E-state index contributed by atoms with van der Waals surface area (Å²) in [5.74, 6) is 0.795. The van der Waals surface area contributed by atoms with Crippen LogP contribution in [0, 0.1) is 0 Å². The van der Waals surface area contributed by atoms with Crippen LogP contribution in [0.25, 0.3) is 34.3 Å². The number of carbonyl (C=O) groups excluding carboxylic acids is 2. The van der Waals surface area contributed by atoms with Crippen LogP contribution in [0.2, 0.25) is 0 Å². The Labute approximate surface area is 231 Å². The highest BCUT2D eigenvalue weighted by Gasteiger charge is 2.20. The summed E-state index contributed by atoms with van der Waals surface area (Å²) in [6.45, 7) is 5.80. The monoisotopic (exact) mass is 545 g/mol. The Morgan fingerprint density at radius 1 is 1.02 bits per heavy atom. The minimum atomic E-state index is -0.586. The molecule has 2 amide bonds. The molecule has 4 aromatic rings. The number of nitrogens with zero attached hydrogens (tertiary/aromatic N) is 5. The van der Waals surface area contributed by atoms with Gasteiger partial charge in [0.05, 0.1) is 24.0 Å². The molecule has 0 aliphatic carbocycles. The predicted octanol–water partition coefficient (Wildman–Crippen LogP) is 4.05. The van der Waals surface area contributed by atoms with E-state index in [-0.39, 0.29) is 42.4 Å². The summed E-state index contributed by atoms with van der Waals surface area (Å²) in [6, 6.07) is 14.2. The van der Waals surface area contributed by atoms with Crippen LogP contribution in [0.1, 0.15) is 31.1 Å². The lowest BCUT2D eigenvalue weighted by molar-refractivity contribution is 0.0520. The Morgan fingerprint density at radius 3 is 2.42 bits per heavy atom. The number of nitrogens with one attached hydrogen (secondary N) is 1. The van der Waals surface area contributed by atoms with Gasteiger partial charge in [-0.3, -0.25) is 4.79 Å². The van der Waals surface area contributed by atoms with Gasteiger partial charge in [0, 0.05) is 25.2 Å². The number of para-hydroxylation sites is 1. The number of rotatable bonds is 8. The van der Waals surface area contributed by atoms with E-state index in [9.17, 15) is 9.59 Å². The van der Waals surface area contributed by atoms with Crippen molar-refractivity contribution < 1.29 is 23.5 Å². The van der Waals surface area contributed by atoms with Crippen LogP contribution in [0.5, 0.6) is 5.75 Å². The van der Waals surface area contributed by atoms with Crippen molar-refractivity contribution in [1.82, 2.24) is 30.4 Å². The molecule has 3 N–H and O–H groups in total. The van der Waals surface area contributed by atoms with Gasteiger partial charge in [-0.05, 0) is 45.0 Å². The minimum Gasteiger partial charge on any atom is -0.491 e. The molecule has 0 saturated heterocycles. The van der Waals surface area contributed by atoms with Crippen molar-refractivity contribution in [3.05, 3.63) is 60.3 Å². The first-order valence-electron chi connectivity index (χ1n) is 12.5. The van der Waals surface area contributed by atoms with E-state index < -0.39 is 11.7 Å². The van der Waals surface area contributed by atoms with Gasteiger partial charge in [-0.15, -0.1) is 10.2 Å². The second kappa shape index (κ2) is 11.8. The molecule has 12 nitrogen and oxygen atoms in total. The lowest BCUT2D eigenvalue weighted by atomic mass is 10.1. The van der Waals surface area contributed by atoms with Gasteiger partial charge in [0.2, 0.25) is 0 Å². The third-order valence-corrected chi connectivity index (χ3v) is 5.41. The number of amides is 2. The van der Waals surface area contributed by atoms with Gasteiger partial charge in [-0.2, -0.15) is 0 Å². The lowest BCUT2D eigenvalue weighted by Crippen LogP contribution is -2.34. The third kappa shape index (κ3) is 6.90. The van der Waals surface area contributed by atoms with Gasteiger partial charge in [-0.1, -0.05) is 24.3 Å². The summed E-state index contributed by atoms with van der Waals surface area (Å²) in [4.78, 5) is 34.4. The molecule has 0 aliphatic rings. The number of nitrogen functional groups attached to an aromatic ring is 1. The summed E-state index contributed by atoms with van der Waals surface area (Å²) in [5, 5.41) is 10.9. The molecule has 2 heterocycles. The molecule has 12 heteroatoms. The van der Waals surface area contributed by atoms with E-state index in [1.54, 1.807) is 71.3 Å². The van der Waals surface area contributed by atoms with Crippen molar-refractivity contribution >= 4 is 17.8 Å². The molecule has 4 rings (SSSR count). The van der Waals surface area contributed by atoms with E-state index in [4.69, 9.17) is 19.6 Å². The number of hydrogen-bond donors (Lipinski definition) is 2. The largest absolute Gasteiger partial charge is 0.491 e. The number of aromatic nitrogens is 4. The molecule has 0 unspecified atom stereocenters.